The van der Waals surface area contributed by atoms with Crippen LogP contribution in [0.2, 0.25) is 0 Å². The molecule has 4 rings (SSSR count). The largest absolute Gasteiger partial charge is 0.0616 e. The van der Waals surface area contributed by atoms with Crippen LogP contribution in [0.25, 0.3) is 32.3 Å². The Kier molecular flexibility index (Phi) is 1.92. The van der Waals surface area contributed by atoms with Gasteiger partial charge < -0.3 is 0 Å². The Labute approximate surface area is 105 Å². The van der Waals surface area contributed by atoms with E-state index in [4.69, 9.17) is 0 Å². The third-order valence-electron chi connectivity index (χ3n) is 3.65. The van der Waals surface area contributed by atoms with E-state index in [1.54, 1.807) is 0 Å². The topological polar surface area (TPSA) is 0 Å². The lowest BCUT2D eigenvalue weighted by atomic mass is 10.1. The fourth-order valence-corrected chi connectivity index (χ4v) is 2.77. The second kappa shape index (κ2) is 3.58. The quantitative estimate of drug-likeness (QED) is 0.369. The van der Waals surface area contributed by atoms with Gasteiger partial charge in [0.25, 0.3) is 0 Å². The molecule has 0 heteroatoms. The standard InChI is InChI=1S/C18H12/c1-3-7-15-13(5-1)9-11-18-16-8-4-2-6-14(16)10-12-17(15)18/h1-12H/i1+1,3+1,5+1,7+1,13+1,15+1. The van der Waals surface area contributed by atoms with Gasteiger partial charge in [-0.3, -0.25) is 0 Å². The molecule has 0 atom stereocenters. The molecule has 0 heterocycles. The van der Waals surface area contributed by atoms with E-state index in [9.17, 15) is 0 Å². The molecule has 0 saturated heterocycles. The van der Waals surface area contributed by atoms with Crippen molar-refractivity contribution in [1.29, 1.82) is 0 Å². The Bertz CT molecular complexity index is 797. The van der Waals surface area contributed by atoms with Crippen molar-refractivity contribution in [1.82, 2.24) is 0 Å². The van der Waals surface area contributed by atoms with Crippen LogP contribution in [-0.2, 0) is 0 Å². The van der Waals surface area contributed by atoms with Crippen LogP contribution < -0.4 is 0 Å². The number of hydrogen-bond donors (Lipinski definition) is 0. The molecule has 0 N–H and O–H groups in total. The summed E-state index contributed by atoms with van der Waals surface area (Å²) >= 11 is 0. The second-order valence-corrected chi connectivity index (χ2v) is 4.67. The molecule has 0 aliphatic rings. The molecule has 18 heavy (non-hydrogen) atoms. The highest BCUT2D eigenvalue weighted by Gasteiger charge is 2.03. The molecule has 0 amide bonds. The highest BCUT2D eigenvalue weighted by molar-refractivity contribution is 6.17. The lowest BCUT2D eigenvalue weighted by Crippen LogP contribution is -1.79. The van der Waals surface area contributed by atoms with Gasteiger partial charge >= 0.3 is 0 Å². The molecule has 4 aromatic rings. The maximum atomic E-state index is 2.24. The molecule has 0 unspecified atom stereocenters. The number of hydrogen-bond acceptors (Lipinski definition) is 0. The molecule has 0 spiro atoms. The normalized spacial score (nSPS) is 11.3. The molecule has 0 bridgehead atoms. The van der Waals surface area contributed by atoms with Crippen LogP contribution in [0.4, 0.5) is 0 Å². The number of benzene rings is 4. The van der Waals surface area contributed by atoms with Gasteiger partial charge in [-0.25, -0.2) is 0 Å². The molecule has 84 valence electrons. The van der Waals surface area contributed by atoms with Gasteiger partial charge in [0.2, 0.25) is 0 Å². The van der Waals surface area contributed by atoms with Gasteiger partial charge in [0.05, 0.1) is 0 Å². The van der Waals surface area contributed by atoms with Crippen LogP contribution in [0.3, 0.4) is 0 Å². The molecule has 0 radical (unpaired) electrons. The lowest BCUT2D eigenvalue weighted by molar-refractivity contribution is 1.77. The summed E-state index contributed by atoms with van der Waals surface area (Å²) in [5.74, 6) is 0. The van der Waals surface area contributed by atoms with Crippen molar-refractivity contribution in [3.63, 3.8) is 0 Å². The Morgan fingerprint density at radius 2 is 0.778 bits per heavy atom. The monoisotopic (exact) mass is 234 g/mol. The lowest BCUT2D eigenvalue weighted by Gasteiger charge is -2.07. The van der Waals surface area contributed by atoms with Crippen molar-refractivity contribution in [3.05, 3.63) is 72.8 Å². The summed E-state index contributed by atoms with van der Waals surface area (Å²) in [6.07, 6.45) is 0. The minimum absolute atomic E-state index is 1.31. The third kappa shape index (κ3) is 1.26. The highest BCUT2D eigenvalue weighted by atomic mass is 14.8. The van der Waals surface area contributed by atoms with Crippen LogP contribution in [0, 0.1) is 0 Å². The summed E-state index contributed by atoms with van der Waals surface area (Å²) in [4.78, 5) is 0. The molecular formula is C18H12. The maximum Gasteiger partial charge on any atom is -0.00990 e. The van der Waals surface area contributed by atoms with Gasteiger partial charge in [0.15, 0.2) is 0 Å². The first kappa shape index (κ1) is 9.67. The maximum absolute atomic E-state index is 2.24. The van der Waals surface area contributed by atoms with Gasteiger partial charge in [-0.2, -0.15) is 0 Å². The predicted octanol–water partition coefficient (Wildman–Crippen LogP) is 5.15. The van der Waals surface area contributed by atoms with Crippen molar-refractivity contribution in [2.45, 2.75) is 0 Å². The van der Waals surface area contributed by atoms with E-state index >= 15 is 0 Å². The molecule has 0 aliphatic heterocycles. The fraction of sp³-hybridized carbons (Fsp3) is 0. The third-order valence-corrected chi connectivity index (χ3v) is 3.65. The van der Waals surface area contributed by atoms with E-state index in [0.717, 1.165) is 0 Å². The molecular weight excluding hydrogens is 222 g/mol. The van der Waals surface area contributed by atoms with E-state index in [0.29, 0.717) is 0 Å². The second-order valence-electron chi connectivity index (χ2n) is 4.67. The smallest absolute Gasteiger partial charge is 0.00990 e. The average Bonchev–Trinajstić information content (AvgIpc) is 2.46. The first-order valence-corrected chi connectivity index (χ1v) is 6.23. The van der Waals surface area contributed by atoms with Gasteiger partial charge in [0, 0.05) is 0 Å². The zero-order chi connectivity index (χ0) is 11.9. The molecule has 0 nitrogen and oxygen atoms in total. The minimum Gasteiger partial charge on any atom is -0.0616 e. The summed E-state index contributed by atoms with van der Waals surface area (Å²) < 4.78 is 0. The summed E-state index contributed by atoms with van der Waals surface area (Å²) in [5, 5.41) is 7.96. The van der Waals surface area contributed by atoms with Gasteiger partial charge in [0.1, 0.15) is 0 Å². The first-order chi connectivity index (χ1) is 8.93. The Hall–Kier alpha value is -2.34. The molecule has 0 saturated carbocycles. The summed E-state index contributed by atoms with van der Waals surface area (Å²) in [7, 11) is 0. The first-order valence-electron chi connectivity index (χ1n) is 6.23. The van der Waals surface area contributed by atoms with Crippen LogP contribution in [0.1, 0.15) is 0 Å². The molecule has 0 aliphatic carbocycles. The Morgan fingerprint density at radius 1 is 0.333 bits per heavy atom. The molecule has 0 aromatic heterocycles. The fourth-order valence-electron chi connectivity index (χ4n) is 2.77. The van der Waals surface area contributed by atoms with Gasteiger partial charge in [-0.05, 0) is 32.3 Å². The summed E-state index contributed by atoms with van der Waals surface area (Å²) in [6, 6.07) is 26.0. The van der Waals surface area contributed by atoms with E-state index in [1.165, 1.54) is 32.3 Å². The van der Waals surface area contributed by atoms with Crippen LogP contribution in [0.15, 0.2) is 72.8 Å². The average molecular weight is 234 g/mol. The molecule has 0 fully saturated rings. The summed E-state index contributed by atoms with van der Waals surface area (Å²) in [5.41, 5.74) is 0. The zero-order valence-corrected chi connectivity index (χ0v) is 9.93. The Morgan fingerprint density at radius 3 is 1.28 bits per heavy atom. The van der Waals surface area contributed by atoms with Crippen molar-refractivity contribution >= 4 is 32.3 Å². The SMILES string of the molecule is c1ccc2c(c1)ccc1c2cc[13c]2[13cH][13cH][13cH][13cH][13c]12. The minimum atomic E-state index is 1.31. The zero-order valence-electron chi connectivity index (χ0n) is 9.93. The van der Waals surface area contributed by atoms with E-state index in [2.05, 4.69) is 72.8 Å². The van der Waals surface area contributed by atoms with Crippen LogP contribution in [0.5, 0.6) is 0 Å². The van der Waals surface area contributed by atoms with Crippen molar-refractivity contribution in [2.75, 3.05) is 0 Å². The van der Waals surface area contributed by atoms with Crippen molar-refractivity contribution in [3.8, 4) is 0 Å². The number of fused-ring (bicyclic) bond motifs is 5. The Balaban J connectivity index is 2.31. The molecule has 4 aromatic carbocycles. The highest BCUT2D eigenvalue weighted by Crippen LogP contribution is 2.30. The van der Waals surface area contributed by atoms with E-state index in [-0.39, 0.29) is 0 Å². The predicted molar refractivity (Wildman–Crippen MR) is 79.0 cm³/mol. The van der Waals surface area contributed by atoms with Crippen LogP contribution in [-0.4, -0.2) is 0 Å². The van der Waals surface area contributed by atoms with Crippen LogP contribution >= 0.6 is 0 Å². The number of rotatable bonds is 0. The van der Waals surface area contributed by atoms with Crippen molar-refractivity contribution in [2.24, 2.45) is 0 Å². The van der Waals surface area contributed by atoms with Crippen molar-refractivity contribution < 1.29 is 0 Å². The van der Waals surface area contributed by atoms with Gasteiger partial charge in [-0.1, -0.05) is 72.8 Å². The summed E-state index contributed by atoms with van der Waals surface area (Å²) in [6.45, 7) is 0. The van der Waals surface area contributed by atoms with Gasteiger partial charge in [-0.15, -0.1) is 0 Å². The van der Waals surface area contributed by atoms with E-state index < -0.39 is 0 Å². The van der Waals surface area contributed by atoms with E-state index in [1.807, 2.05) is 0 Å².